The van der Waals surface area contributed by atoms with E-state index < -0.39 is 0 Å². The summed E-state index contributed by atoms with van der Waals surface area (Å²) >= 11 is 0. The zero-order chi connectivity index (χ0) is 22.3. The summed E-state index contributed by atoms with van der Waals surface area (Å²) in [5.74, 6) is 3.01. The van der Waals surface area contributed by atoms with E-state index in [1.807, 2.05) is 30.3 Å². The van der Waals surface area contributed by atoms with Crippen LogP contribution < -0.4 is 4.74 Å². The normalized spacial score (nSPS) is 12.4. The van der Waals surface area contributed by atoms with Gasteiger partial charge in [-0.2, -0.15) is 0 Å². The van der Waals surface area contributed by atoms with E-state index in [4.69, 9.17) is 9.72 Å². The molecule has 32 heavy (non-hydrogen) atoms. The summed E-state index contributed by atoms with van der Waals surface area (Å²) in [6, 6.07) is 27.6. The molecule has 0 fully saturated rings. The zero-order valence-corrected chi connectivity index (χ0v) is 19.5. The van der Waals surface area contributed by atoms with Gasteiger partial charge in [-0.1, -0.05) is 75.4 Å². The third kappa shape index (κ3) is 5.40. The molecule has 4 aromatic rings. The molecule has 3 heteroatoms. The second-order valence-corrected chi connectivity index (χ2v) is 9.04. The van der Waals surface area contributed by atoms with Gasteiger partial charge in [0.2, 0.25) is 0 Å². The van der Waals surface area contributed by atoms with Crippen LogP contribution in [0.1, 0.15) is 56.5 Å². The van der Waals surface area contributed by atoms with Crippen LogP contribution in [0.4, 0.5) is 0 Å². The van der Waals surface area contributed by atoms with Gasteiger partial charge in [0.15, 0.2) is 0 Å². The summed E-state index contributed by atoms with van der Waals surface area (Å²) in [7, 11) is 0. The molecule has 3 nitrogen and oxygen atoms in total. The van der Waals surface area contributed by atoms with Gasteiger partial charge in [0, 0.05) is 12.5 Å². The Kier molecular flexibility index (Phi) is 7.26. The molecule has 4 rings (SSSR count). The number of aryl methyl sites for hydroxylation is 1. The number of fused-ring (bicyclic) bond motifs is 1. The van der Waals surface area contributed by atoms with Crippen LogP contribution in [0.3, 0.4) is 0 Å². The van der Waals surface area contributed by atoms with Crippen molar-refractivity contribution < 1.29 is 4.74 Å². The van der Waals surface area contributed by atoms with Crippen LogP contribution in [-0.2, 0) is 13.0 Å². The van der Waals surface area contributed by atoms with Crippen molar-refractivity contribution in [2.75, 3.05) is 6.61 Å². The number of hydrogen-bond acceptors (Lipinski definition) is 2. The molecule has 0 saturated carbocycles. The molecule has 0 unspecified atom stereocenters. The van der Waals surface area contributed by atoms with E-state index in [0.717, 1.165) is 49.5 Å². The first kappa shape index (κ1) is 22.1. The lowest BCUT2D eigenvalue weighted by Crippen LogP contribution is -2.10. The van der Waals surface area contributed by atoms with Crippen LogP contribution in [-0.4, -0.2) is 16.2 Å². The number of unbranched alkanes of at least 4 members (excludes halogenated alkanes) is 1. The van der Waals surface area contributed by atoms with Gasteiger partial charge < -0.3 is 9.30 Å². The second kappa shape index (κ2) is 10.5. The Morgan fingerprint density at radius 2 is 1.53 bits per heavy atom. The van der Waals surface area contributed by atoms with Crippen molar-refractivity contribution in [1.82, 2.24) is 9.55 Å². The fraction of sp³-hybridized carbons (Fsp3) is 0.345. The number of ether oxygens (including phenoxy) is 1. The minimum Gasteiger partial charge on any atom is -0.494 e. The molecule has 1 aromatic heterocycles. The average Bonchev–Trinajstić information content (AvgIpc) is 3.18. The number of nitrogens with zero attached hydrogens (tertiary/aromatic N) is 2. The van der Waals surface area contributed by atoms with Crippen molar-refractivity contribution in [3.63, 3.8) is 0 Å². The summed E-state index contributed by atoms with van der Waals surface area (Å²) in [6.07, 6.45) is 3.19. The SMILES string of the molecule is CC(C)Cc1ccc([C@@H](C)c2nc3ccccc3n2CCCCOc2ccccc2)cc1. The Morgan fingerprint density at radius 3 is 2.28 bits per heavy atom. The molecule has 0 spiro atoms. The maximum absolute atomic E-state index is 5.87. The van der Waals surface area contributed by atoms with Gasteiger partial charge in [-0.3, -0.25) is 0 Å². The highest BCUT2D eigenvalue weighted by molar-refractivity contribution is 5.76. The summed E-state index contributed by atoms with van der Waals surface area (Å²) < 4.78 is 8.28. The topological polar surface area (TPSA) is 27.1 Å². The first-order valence-corrected chi connectivity index (χ1v) is 11.8. The van der Waals surface area contributed by atoms with Gasteiger partial charge >= 0.3 is 0 Å². The highest BCUT2D eigenvalue weighted by atomic mass is 16.5. The van der Waals surface area contributed by atoms with Gasteiger partial charge in [0.05, 0.1) is 17.6 Å². The van der Waals surface area contributed by atoms with Crippen LogP contribution in [0.5, 0.6) is 5.75 Å². The number of aromatic nitrogens is 2. The summed E-state index contributed by atoms with van der Waals surface area (Å²) in [6.45, 7) is 8.49. The van der Waals surface area contributed by atoms with Crippen LogP contribution in [0.15, 0.2) is 78.9 Å². The monoisotopic (exact) mass is 426 g/mol. The molecule has 1 atom stereocenters. The van der Waals surface area contributed by atoms with Crippen molar-refractivity contribution in [3.8, 4) is 5.75 Å². The molecule has 0 amide bonds. The zero-order valence-electron chi connectivity index (χ0n) is 19.5. The van der Waals surface area contributed by atoms with Crippen molar-refractivity contribution in [1.29, 1.82) is 0 Å². The summed E-state index contributed by atoms with van der Waals surface area (Å²) in [4.78, 5) is 5.04. The quantitative estimate of drug-likeness (QED) is 0.250. The van der Waals surface area contributed by atoms with E-state index in [1.54, 1.807) is 0 Å². The molecule has 0 aliphatic heterocycles. The molecule has 0 radical (unpaired) electrons. The van der Waals surface area contributed by atoms with Crippen molar-refractivity contribution >= 4 is 11.0 Å². The molecule has 166 valence electrons. The number of benzene rings is 3. The average molecular weight is 427 g/mol. The molecule has 3 aromatic carbocycles. The summed E-state index contributed by atoms with van der Waals surface area (Å²) in [5.41, 5.74) is 5.02. The van der Waals surface area contributed by atoms with E-state index in [1.165, 1.54) is 16.6 Å². The van der Waals surface area contributed by atoms with E-state index in [-0.39, 0.29) is 5.92 Å². The minimum absolute atomic E-state index is 0.246. The number of rotatable bonds is 10. The third-order valence-corrected chi connectivity index (χ3v) is 5.98. The molecule has 0 saturated heterocycles. The van der Waals surface area contributed by atoms with Crippen molar-refractivity contribution in [2.45, 2.75) is 52.5 Å². The Hall–Kier alpha value is -3.07. The minimum atomic E-state index is 0.246. The van der Waals surface area contributed by atoms with Crippen molar-refractivity contribution in [3.05, 3.63) is 95.8 Å². The van der Waals surface area contributed by atoms with Gasteiger partial charge in [-0.15, -0.1) is 0 Å². The predicted molar refractivity (Wildman–Crippen MR) is 133 cm³/mol. The lowest BCUT2D eigenvalue weighted by Gasteiger charge is -2.16. The molecule has 0 aliphatic rings. The molecular formula is C29H34N2O. The Bertz CT molecular complexity index is 1110. The first-order chi connectivity index (χ1) is 15.6. The van der Waals surface area contributed by atoms with Crippen LogP contribution in [0, 0.1) is 5.92 Å². The van der Waals surface area contributed by atoms with E-state index in [2.05, 4.69) is 73.9 Å². The smallest absolute Gasteiger partial charge is 0.119 e. The largest absolute Gasteiger partial charge is 0.494 e. The number of hydrogen-bond donors (Lipinski definition) is 0. The fourth-order valence-corrected chi connectivity index (χ4v) is 4.30. The highest BCUT2D eigenvalue weighted by Gasteiger charge is 2.18. The van der Waals surface area contributed by atoms with Gasteiger partial charge in [0.25, 0.3) is 0 Å². The molecule has 0 aliphatic carbocycles. The Labute approximate surface area is 192 Å². The Morgan fingerprint density at radius 1 is 0.812 bits per heavy atom. The molecule has 0 bridgehead atoms. The van der Waals surface area contributed by atoms with E-state index in [9.17, 15) is 0 Å². The van der Waals surface area contributed by atoms with Crippen LogP contribution >= 0.6 is 0 Å². The van der Waals surface area contributed by atoms with Gasteiger partial charge in [-0.05, 0) is 60.6 Å². The van der Waals surface area contributed by atoms with E-state index in [0.29, 0.717) is 5.92 Å². The maximum Gasteiger partial charge on any atom is 0.119 e. The maximum atomic E-state index is 5.87. The second-order valence-electron chi connectivity index (χ2n) is 9.04. The highest BCUT2D eigenvalue weighted by Crippen LogP contribution is 2.28. The summed E-state index contributed by atoms with van der Waals surface area (Å²) in [5, 5.41) is 0. The van der Waals surface area contributed by atoms with E-state index >= 15 is 0 Å². The third-order valence-electron chi connectivity index (χ3n) is 5.98. The van der Waals surface area contributed by atoms with Gasteiger partial charge in [0.1, 0.15) is 11.6 Å². The predicted octanol–water partition coefficient (Wildman–Crippen LogP) is 7.25. The van der Waals surface area contributed by atoms with Crippen LogP contribution in [0.25, 0.3) is 11.0 Å². The molecule has 1 heterocycles. The van der Waals surface area contributed by atoms with Gasteiger partial charge in [-0.25, -0.2) is 4.98 Å². The fourth-order valence-electron chi connectivity index (χ4n) is 4.30. The lowest BCUT2D eigenvalue weighted by molar-refractivity contribution is 0.303. The Balaban J connectivity index is 1.47. The molecule has 0 N–H and O–H groups in total. The first-order valence-electron chi connectivity index (χ1n) is 11.8. The lowest BCUT2D eigenvalue weighted by atomic mass is 9.96. The molecular weight excluding hydrogens is 392 g/mol. The standard InChI is InChI=1S/C29H34N2O/c1-22(2)21-24-15-17-25(18-16-24)23(3)29-30-27-13-7-8-14-28(27)31(29)19-9-10-20-32-26-11-5-4-6-12-26/h4-8,11-18,22-23H,9-10,19-21H2,1-3H3/t23-/m1/s1. The van der Waals surface area contributed by atoms with Crippen molar-refractivity contribution in [2.24, 2.45) is 5.92 Å². The number of imidazole rings is 1. The van der Waals surface area contributed by atoms with Crippen LogP contribution in [0.2, 0.25) is 0 Å². The number of para-hydroxylation sites is 3.